The van der Waals surface area contributed by atoms with Crippen molar-refractivity contribution in [2.75, 3.05) is 19.5 Å². The summed E-state index contributed by atoms with van der Waals surface area (Å²) in [6.45, 7) is 3.52. The monoisotopic (exact) mass is 458 g/mol. The minimum Gasteiger partial charge on any atom is -0.502 e. The highest BCUT2D eigenvalue weighted by molar-refractivity contribution is 8.26. The van der Waals surface area contributed by atoms with Gasteiger partial charge in [0.1, 0.15) is 10.4 Å². The van der Waals surface area contributed by atoms with Gasteiger partial charge < -0.3 is 19.9 Å². The van der Waals surface area contributed by atoms with Crippen molar-refractivity contribution in [1.29, 1.82) is 0 Å². The van der Waals surface area contributed by atoms with Crippen molar-refractivity contribution >= 4 is 51.9 Å². The summed E-state index contributed by atoms with van der Waals surface area (Å²) < 4.78 is 10.6. The number of benzene rings is 2. The normalized spacial score (nSPS) is 15.9. The van der Waals surface area contributed by atoms with Gasteiger partial charge in [0, 0.05) is 5.69 Å². The molecule has 1 aliphatic rings. The number of nitrogens with zero attached hydrogens (tertiary/aromatic N) is 1. The van der Waals surface area contributed by atoms with E-state index in [2.05, 4.69) is 5.32 Å². The van der Waals surface area contributed by atoms with Crippen LogP contribution in [0.2, 0.25) is 0 Å². The number of anilines is 1. The van der Waals surface area contributed by atoms with Crippen molar-refractivity contribution in [2.24, 2.45) is 0 Å². The first-order valence-electron chi connectivity index (χ1n) is 9.35. The number of thioether (sulfide) groups is 1. The van der Waals surface area contributed by atoms with Crippen LogP contribution >= 0.6 is 24.0 Å². The molecule has 2 amide bonds. The molecule has 0 bridgehead atoms. The Kier molecular flexibility index (Phi) is 6.87. The van der Waals surface area contributed by atoms with Gasteiger partial charge in [0.15, 0.2) is 11.5 Å². The Hall–Kier alpha value is -3.04. The Labute approximate surface area is 190 Å². The summed E-state index contributed by atoms with van der Waals surface area (Å²) in [5.74, 6) is -0.399. The fourth-order valence-electron chi connectivity index (χ4n) is 3.03. The molecule has 31 heavy (non-hydrogen) atoms. The van der Waals surface area contributed by atoms with E-state index in [1.807, 2.05) is 25.1 Å². The van der Waals surface area contributed by atoms with Crippen LogP contribution in [-0.4, -0.2) is 46.4 Å². The summed E-state index contributed by atoms with van der Waals surface area (Å²) in [5, 5.41) is 12.9. The van der Waals surface area contributed by atoms with Crippen LogP contribution in [0.15, 0.2) is 41.3 Å². The molecule has 1 aliphatic heterocycles. The molecule has 0 radical (unpaired) electrons. The number of phenolic OH excluding ortho intramolecular Hbond substituents is 1. The molecule has 0 spiro atoms. The molecule has 0 aromatic heterocycles. The van der Waals surface area contributed by atoms with Gasteiger partial charge in [-0.05, 0) is 49.2 Å². The summed E-state index contributed by atoms with van der Waals surface area (Å²) in [4.78, 5) is 27.4. The van der Waals surface area contributed by atoms with Crippen molar-refractivity contribution in [1.82, 2.24) is 4.90 Å². The van der Waals surface area contributed by atoms with Gasteiger partial charge in [0.25, 0.3) is 5.91 Å². The molecule has 1 saturated heterocycles. The summed E-state index contributed by atoms with van der Waals surface area (Å²) in [7, 11) is 2.85. The first-order valence-corrected chi connectivity index (χ1v) is 10.6. The van der Waals surface area contributed by atoms with Gasteiger partial charge in [0.05, 0.1) is 19.1 Å². The maximum Gasteiger partial charge on any atom is 0.266 e. The third-order valence-corrected chi connectivity index (χ3v) is 6.12. The van der Waals surface area contributed by atoms with Gasteiger partial charge in [-0.2, -0.15) is 0 Å². The van der Waals surface area contributed by atoms with Crippen LogP contribution in [0.3, 0.4) is 0 Å². The number of hydrogen-bond acceptors (Lipinski definition) is 7. The van der Waals surface area contributed by atoms with Gasteiger partial charge in [-0.1, -0.05) is 42.2 Å². The molecular weight excluding hydrogens is 436 g/mol. The second-order valence-electron chi connectivity index (χ2n) is 6.81. The molecule has 1 atom stereocenters. The number of nitrogens with one attached hydrogen (secondary N) is 1. The number of carbonyl (C=O) groups is 2. The van der Waals surface area contributed by atoms with Crippen molar-refractivity contribution in [3.8, 4) is 17.2 Å². The zero-order valence-electron chi connectivity index (χ0n) is 17.5. The maximum atomic E-state index is 13.0. The number of ether oxygens (including phenoxy) is 2. The van der Waals surface area contributed by atoms with E-state index in [4.69, 9.17) is 21.7 Å². The van der Waals surface area contributed by atoms with Crippen LogP contribution < -0.4 is 14.8 Å². The molecule has 7 nitrogen and oxygen atoms in total. The zero-order valence-corrected chi connectivity index (χ0v) is 19.1. The highest BCUT2D eigenvalue weighted by Crippen LogP contribution is 2.40. The van der Waals surface area contributed by atoms with Crippen LogP contribution in [0.1, 0.15) is 18.1 Å². The molecule has 1 fully saturated rings. The average Bonchev–Trinajstić information content (AvgIpc) is 3.02. The van der Waals surface area contributed by atoms with Crippen LogP contribution in [0, 0.1) is 6.92 Å². The quantitative estimate of drug-likeness (QED) is 0.501. The highest BCUT2D eigenvalue weighted by Gasteiger charge is 2.38. The average molecular weight is 459 g/mol. The Bertz CT molecular complexity index is 1060. The van der Waals surface area contributed by atoms with E-state index in [-0.39, 0.29) is 29.1 Å². The van der Waals surface area contributed by atoms with Crippen LogP contribution in [0.25, 0.3) is 6.08 Å². The van der Waals surface area contributed by atoms with Gasteiger partial charge >= 0.3 is 0 Å². The second kappa shape index (κ2) is 9.40. The lowest BCUT2D eigenvalue weighted by molar-refractivity contribution is -0.129. The van der Waals surface area contributed by atoms with Gasteiger partial charge in [0.2, 0.25) is 11.7 Å². The summed E-state index contributed by atoms with van der Waals surface area (Å²) >= 11 is 6.48. The fourth-order valence-corrected chi connectivity index (χ4v) is 4.45. The van der Waals surface area contributed by atoms with E-state index >= 15 is 0 Å². The lowest BCUT2D eigenvalue weighted by atomic mass is 10.1. The minimum atomic E-state index is -0.790. The van der Waals surface area contributed by atoms with Crippen molar-refractivity contribution in [3.63, 3.8) is 0 Å². The third kappa shape index (κ3) is 4.67. The Morgan fingerprint density at radius 1 is 1.23 bits per heavy atom. The fraction of sp³-hybridized carbons (Fsp3) is 0.227. The molecule has 2 aromatic rings. The van der Waals surface area contributed by atoms with Crippen LogP contribution in [-0.2, 0) is 9.59 Å². The molecule has 1 heterocycles. The molecule has 2 aromatic carbocycles. The predicted octanol–water partition coefficient (Wildman–Crippen LogP) is 3.95. The number of phenols is 1. The van der Waals surface area contributed by atoms with Gasteiger partial charge in [-0.15, -0.1) is 0 Å². The van der Waals surface area contributed by atoms with Crippen molar-refractivity contribution < 1.29 is 24.2 Å². The zero-order chi connectivity index (χ0) is 22.7. The summed E-state index contributed by atoms with van der Waals surface area (Å²) in [6.07, 6.45) is 1.62. The SMILES string of the molecule is COc1cc(/C=C2\SC(=S)N(C(C)C(=O)Nc3ccccc3C)C2=O)cc(OC)c1O. The number of carbonyl (C=O) groups excluding carboxylic acids is 2. The van der Waals surface area contributed by atoms with E-state index in [9.17, 15) is 14.7 Å². The summed E-state index contributed by atoms with van der Waals surface area (Å²) in [6, 6.07) is 9.78. The maximum absolute atomic E-state index is 13.0. The molecule has 1 unspecified atom stereocenters. The van der Waals surface area contributed by atoms with Gasteiger partial charge in [-0.25, -0.2) is 0 Å². The first kappa shape index (κ1) is 22.6. The van der Waals surface area contributed by atoms with E-state index in [0.717, 1.165) is 17.3 Å². The number of rotatable bonds is 6. The van der Waals surface area contributed by atoms with Crippen molar-refractivity contribution in [3.05, 3.63) is 52.4 Å². The largest absolute Gasteiger partial charge is 0.502 e. The number of hydrogen-bond donors (Lipinski definition) is 2. The lowest BCUT2D eigenvalue weighted by Gasteiger charge is -2.22. The van der Waals surface area contributed by atoms with E-state index in [1.54, 1.807) is 31.2 Å². The Morgan fingerprint density at radius 3 is 2.42 bits per heavy atom. The lowest BCUT2D eigenvalue weighted by Crippen LogP contribution is -2.44. The molecule has 3 rings (SSSR count). The van der Waals surface area contributed by atoms with Crippen molar-refractivity contribution in [2.45, 2.75) is 19.9 Å². The number of amides is 2. The molecule has 9 heteroatoms. The standard InChI is InChI=1S/C22H22N2O5S2/c1-12-7-5-6-8-15(12)23-20(26)13(2)24-21(27)18(31-22(24)30)11-14-9-16(28-3)19(25)17(10-14)29-4/h5-11,13,25H,1-4H3,(H,23,26)/b18-11-. The highest BCUT2D eigenvalue weighted by atomic mass is 32.2. The number of methoxy groups -OCH3 is 2. The Morgan fingerprint density at radius 2 is 1.84 bits per heavy atom. The minimum absolute atomic E-state index is 0.129. The van der Waals surface area contributed by atoms with E-state index < -0.39 is 6.04 Å². The number of thiocarbonyl (C=S) groups is 1. The smallest absolute Gasteiger partial charge is 0.266 e. The van der Waals surface area contributed by atoms with E-state index in [1.165, 1.54) is 19.1 Å². The van der Waals surface area contributed by atoms with Crippen LogP contribution in [0.5, 0.6) is 17.2 Å². The topological polar surface area (TPSA) is 88.1 Å². The molecular formula is C22H22N2O5S2. The first-order chi connectivity index (χ1) is 14.8. The molecule has 2 N–H and O–H groups in total. The number of para-hydroxylation sites is 1. The Balaban J connectivity index is 1.83. The number of aromatic hydroxyl groups is 1. The molecule has 0 aliphatic carbocycles. The second-order valence-corrected chi connectivity index (χ2v) is 8.48. The van der Waals surface area contributed by atoms with E-state index in [0.29, 0.717) is 20.5 Å². The molecule has 162 valence electrons. The predicted molar refractivity (Wildman–Crippen MR) is 125 cm³/mol. The number of aryl methyl sites for hydroxylation is 1. The van der Waals surface area contributed by atoms with Gasteiger partial charge in [-0.3, -0.25) is 14.5 Å². The van der Waals surface area contributed by atoms with Crippen LogP contribution in [0.4, 0.5) is 5.69 Å². The third-order valence-electron chi connectivity index (χ3n) is 4.79. The molecule has 0 saturated carbocycles. The summed E-state index contributed by atoms with van der Waals surface area (Å²) in [5.41, 5.74) is 2.19.